The number of aromatic nitrogens is 2. The molecule has 16 heavy (non-hydrogen) atoms. The molecule has 0 amide bonds. The van der Waals surface area contributed by atoms with Crippen molar-refractivity contribution in [2.24, 2.45) is 0 Å². The van der Waals surface area contributed by atoms with Crippen molar-refractivity contribution in [2.45, 2.75) is 44.9 Å². The third-order valence-corrected chi connectivity index (χ3v) is 3.35. The highest BCUT2D eigenvalue weighted by molar-refractivity contribution is 6.31. The van der Waals surface area contributed by atoms with Gasteiger partial charge in [0, 0.05) is 19.4 Å². The van der Waals surface area contributed by atoms with Crippen molar-refractivity contribution in [1.29, 1.82) is 0 Å². The first kappa shape index (κ1) is 11.9. The highest BCUT2D eigenvalue weighted by atomic mass is 35.5. The van der Waals surface area contributed by atoms with Crippen molar-refractivity contribution < 1.29 is 9.84 Å². The summed E-state index contributed by atoms with van der Waals surface area (Å²) < 4.78 is 7.22. The van der Waals surface area contributed by atoms with E-state index in [2.05, 4.69) is 5.10 Å². The Balaban J connectivity index is 2.37. The van der Waals surface area contributed by atoms with E-state index in [1.807, 2.05) is 13.8 Å². The molecule has 2 unspecified atom stereocenters. The van der Waals surface area contributed by atoms with E-state index in [0.29, 0.717) is 31.0 Å². The zero-order valence-electron chi connectivity index (χ0n) is 9.61. The number of aliphatic hydroxyl groups is 1. The molecule has 0 spiro atoms. The van der Waals surface area contributed by atoms with Crippen molar-refractivity contribution in [2.75, 3.05) is 6.61 Å². The van der Waals surface area contributed by atoms with Crippen LogP contribution in [0.4, 0.5) is 0 Å². The Bertz CT molecular complexity index is 380. The van der Waals surface area contributed by atoms with Crippen LogP contribution in [0.3, 0.4) is 0 Å². The van der Waals surface area contributed by atoms with Gasteiger partial charge >= 0.3 is 0 Å². The molecule has 1 saturated heterocycles. The molecule has 0 radical (unpaired) electrons. The van der Waals surface area contributed by atoms with Crippen molar-refractivity contribution in [1.82, 2.24) is 9.78 Å². The van der Waals surface area contributed by atoms with Crippen LogP contribution in [-0.2, 0) is 16.9 Å². The molecular formula is C11H17ClN2O2. The Labute approximate surface area is 100 Å². The van der Waals surface area contributed by atoms with Crippen LogP contribution in [0, 0.1) is 0 Å². The summed E-state index contributed by atoms with van der Waals surface area (Å²) in [5.41, 5.74) is -0.173. The maximum atomic E-state index is 10.7. The predicted molar refractivity (Wildman–Crippen MR) is 61.5 cm³/mol. The minimum absolute atomic E-state index is 0.0509. The normalized spacial score (nSPS) is 30.6. The molecule has 1 aromatic heterocycles. The van der Waals surface area contributed by atoms with E-state index in [4.69, 9.17) is 16.3 Å². The molecule has 2 heterocycles. The van der Waals surface area contributed by atoms with E-state index in [1.165, 1.54) is 0 Å². The van der Waals surface area contributed by atoms with Gasteiger partial charge < -0.3 is 9.84 Å². The molecule has 0 bridgehead atoms. The Morgan fingerprint density at radius 2 is 2.50 bits per heavy atom. The molecule has 0 aliphatic carbocycles. The fourth-order valence-electron chi connectivity index (χ4n) is 2.35. The molecule has 5 heteroatoms. The number of hydrogen-bond acceptors (Lipinski definition) is 3. The minimum Gasteiger partial charge on any atom is -0.383 e. The summed E-state index contributed by atoms with van der Waals surface area (Å²) >= 11 is 6.11. The maximum Gasteiger partial charge on any atom is 0.112 e. The third-order valence-electron chi connectivity index (χ3n) is 3.08. The van der Waals surface area contributed by atoms with Crippen LogP contribution in [0.25, 0.3) is 0 Å². The second-order valence-corrected chi connectivity index (χ2v) is 4.73. The molecule has 1 N–H and O–H groups in total. The summed E-state index contributed by atoms with van der Waals surface area (Å²) in [6.45, 7) is 5.21. The lowest BCUT2D eigenvalue weighted by Gasteiger charge is -2.36. The maximum absolute atomic E-state index is 10.7. The number of aryl methyl sites for hydroxylation is 1. The van der Waals surface area contributed by atoms with Crippen LogP contribution >= 0.6 is 11.6 Å². The molecule has 1 fully saturated rings. The standard InChI is InChI=1S/C11H17ClN2O2/c1-3-14-10(9(12)7-13-14)11(15)4-5-16-8(2)6-11/h7-8,15H,3-6H2,1-2H3. The van der Waals surface area contributed by atoms with Crippen molar-refractivity contribution in [3.05, 3.63) is 16.9 Å². The van der Waals surface area contributed by atoms with E-state index >= 15 is 0 Å². The van der Waals surface area contributed by atoms with Gasteiger partial charge in [0.1, 0.15) is 5.60 Å². The zero-order valence-corrected chi connectivity index (χ0v) is 10.4. The lowest BCUT2D eigenvalue weighted by molar-refractivity contribution is -0.105. The molecule has 1 aromatic rings. The topological polar surface area (TPSA) is 47.3 Å². The number of halogens is 1. The second kappa shape index (κ2) is 4.35. The van der Waals surface area contributed by atoms with E-state index in [9.17, 15) is 5.11 Å². The summed E-state index contributed by atoms with van der Waals surface area (Å²) in [4.78, 5) is 0. The largest absolute Gasteiger partial charge is 0.383 e. The highest BCUT2D eigenvalue weighted by Gasteiger charge is 2.39. The lowest BCUT2D eigenvalue weighted by Crippen LogP contribution is -2.39. The summed E-state index contributed by atoms with van der Waals surface area (Å²) in [5.74, 6) is 0. The smallest absolute Gasteiger partial charge is 0.112 e. The van der Waals surface area contributed by atoms with E-state index in [0.717, 1.165) is 5.69 Å². The second-order valence-electron chi connectivity index (χ2n) is 4.32. The molecule has 0 saturated carbocycles. The fraction of sp³-hybridized carbons (Fsp3) is 0.727. The molecule has 0 aromatic carbocycles. The van der Waals surface area contributed by atoms with Crippen LogP contribution in [0.1, 0.15) is 32.4 Å². The van der Waals surface area contributed by atoms with Gasteiger partial charge in [0.2, 0.25) is 0 Å². The summed E-state index contributed by atoms with van der Waals surface area (Å²) in [5, 5.41) is 15.4. The molecule has 1 aliphatic heterocycles. The van der Waals surface area contributed by atoms with Gasteiger partial charge in [0.25, 0.3) is 0 Å². The molecule has 1 aliphatic rings. The summed E-state index contributed by atoms with van der Waals surface area (Å²) in [6, 6.07) is 0. The zero-order chi connectivity index (χ0) is 11.8. The van der Waals surface area contributed by atoms with Gasteiger partial charge in [-0.2, -0.15) is 5.10 Å². The molecule has 2 rings (SSSR count). The van der Waals surface area contributed by atoms with Crippen molar-refractivity contribution in [3.63, 3.8) is 0 Å². The third kappa shape index (κ3) is 1.97. The van der Waals surface area contributed by atoms with Crippen LogP contribution in [0.2, 0.25) is 5.02 Å². The number of hydrogen-bond donors (Lipinski definition) is 1. The molecule has 2 atom stereocenters. The Hall–Kier alpha value is -0.580. The van der Waals surface area contributed by atoms with Crippen LogP contribution in [0.15, 0.2) is 6.20 Å². The van der Waals surface area contributed by atoms with Gasteiger partial charge in [-0.25, -0.2) is 0 Å². The van der Waals surface area contributed by atoms with Crippen LogP contribution in [-0.4, -0.2) is 27.6 Å². The molecular weight excluding hydrogens is 228 g/mol. The Kier molecular flexibility index (Phi) is 3.24. The number of rotatable bonds is 2. The quantitative estimate of drug-likeness (QED) is 0.865. The van der Waals surface area contributed by atoms with Crippen molar-refractivity contribution in [3.8, 4) is 0 Å². The van der Waals surface area contributed by atoms with Gasteiger partial charge in [-0.05, 0) is 13.8 Å². The first-order valence-corrected chi connectivity index (χ1v) is 6.00. The SMILES string of the molecule is CCn1ncc(Cl)c1C1(O)CCOC(C)C1. The van der Waals surface area contributed by atoms with Gasteiger partial charge in [0.05, 0.1) is 29.6 Å². The van der Waals surface area contributed by atoms with Crippen LogP contribution in [0.5, 0.6) is 0 Å². The van der Waals surface area contributed by atoms with Gasteiger partial charge in [-0.1, -0.05) is 11.6 Å². The summed E-state index contributed by atoms with van der Waals surface area (Å²) in [7, 11) is 0. The summed E-state index contributed by atoms with van der Waals surface area (Å²) in [6.07, 6.45) is 2.79. The number of nitrogens with zero attached hydrogens (tertiary/aromatic N) is 2. The average Bonchev–Trinajstić information content (AvgIpc) is 2.59. The monoisotopic (exact) mass is 244 g/mol. The van der Waals surface area contributed by atoms with E-state index < -0.39 is 5.60 Å². The first-order chi connectivity index (χ1) is 7.57. The predicted octanol–water partition coefficient (Wildman–Crippen LogP) is 1.94. The lowest BCUT2D eigenvalue weighted by atomic mass is 9.87. The van der Waals surface area contributed by atoms with Crippen LogP contribution < -0.4 is 0 Å². The Morgan fingerprint density at radius 3 is 3.12 bits per heavy atom. The van der Waals surface area contributed by atoms with Gasteiger partial charge in [-0.3, -0.25) is 4.68 Å². The first-order valence-electron chi connectivity index (χ1n) is 5.62. The average molecular weight is 245 g/mol. The molecule has 4 nitrogen and oxygen atoms in total. The molecule has 90 valence electrons. The Morgan fingerprint density at radius 1 is 1.75 bits per heavy atom. The van der Waals surface area contributed by atoms with E-state index in [1.54, 1.807) is 10.9 Å². The number of ether oxygens (including phenoxy) is 1. The minimum atomic E-state index is -0.902. The van der Waals surface area contributed by atoms with Gasteiger partial charge in [-0.15, -0.1) is 0 Å². The van der Waals surface area contributed by atoms with E-state index in [-0.39, 0.29) is 6.10 Å². The fourth-order valence-corrected chi connectivity index (χ4v) is 2.66. The highest BCUT2D eigenvalue weighted by Crippen LogP contribution is 2.38. The van der Waals surface area contributed by atoms with Crippen molar-refractivity contribution >= 4 is 11.6 Å². The van der Waals surface area contributed by atoms with Gasteiger partial charge in [0.15, 0.2) is 0 Å².